The third kappa shape index (κ3) is 8.82. The summed E-state index contributed by atoms with van der Waals surface area (Å²) < 4.78 is 11.8. The Kier molecular flexibility index (Phi) is 9.40. The highest BCUT2D eigenvalue weighted by molar-refractivity contribution is 5.29. The molecule has 2 heteroatoms. The molecular formula is C26H38O2. The Morgan fingerprint density at radius 3 is 2.07 bits per heavy atom. The van der Waals surface area contributed by atoms with Crippen LogP contribution < -0.4 is 9.47 Å². The van der Waals surface area contributed by atoms with Crippen molar-refractivity contribution in [1.82, 2.24) is 0 Å². The Labute approximate surface area is 172 Å². The summed E-state index contributed by atoms with van der Waals surface area (Å²) in [6.45, 7) is 11.8. The quantitative estimate of drug-likeness (QED) is 0.364. The van der Waals surface area contributed by atoms with E-state index in [-0.39, 0.29) is 6.10 Å². The van der Waals surface area contributed by atoms with Crippen LogP contribution in [0, 0.1) is 11.8 Å². The van der Waals surface area contributed by atoms with E-state index in [1.54, 1.807) is 0 Å². The first-order valence-corrected chi connectivity index (χ1v) is 10.9. The maximum Gasteiger partial charge on any atom is 0.119 e. The Bertz CT molecular complexity index is 690. The van der Waals surface area contributed by atoms with E-state index in [0.29, 0.717) is 11.8 Å². The third-order valence-corrected chi connectivity index (χ3v) is 4.76. The maximum atomic E-state index is 5.96. The lowest BCUT2D eigenvalue weighted by atomic mass is 9.96. The molecule has 0 heterocycles. The minimum absolute atomic E-state index is 0.221. The molecule has 0 aliphatic carbocycles. The fourth-order valence-corrected chi connectivity index (χ4v) is 3.54. The van der Waals surface area contributed by atoms with Crippen molar-refractivity contribution >= 4 is 0 Å². The van der Waals surface area contributed by atoms with Crippen LogP contribution in [-0.4, -0.2) is 12.7 Å². The molecule has 1 atom stereocenters. The molecule has 154 valence electrons. The normalized spacial score (nSPS) is 12.4. The van der Waals surface area contributed by atoms with Gasteiger partial charge in [0, 0.05) is 0 Å². The zero-order chi connectivity index (χ0) is 20.4. The van der Waals surface area contributed by atoms with Gasteiger partial charge in [0.1, 0.15) is 11.5 Å². The van der Waals surface area contributed by atoms with Gasteiger partial charge >= 0.3 is 0 Å². The van der Waals surface area contributed by atoms with Crippen molar-refractivity contribution in [1.29, 1.82) is 0 Å². The van der Waals surface area contributed by atoms with Gasteiger partial charge in [-0.3, -0.25) is 0 Å². The van der Waals surface area contributed by atoms with Crippen LogP contribution in [0.4, 0.5) is 0 Å². The average Bonchev–Trinajstić information content (AvgIpc) is 2.61. The Morgan fingerprint density at radius 1 is 0.750 bits per heavy atom. The lowest BCUT2D eigenvalue weighted by Gasteiger charge is -2.14. The molecule has 0 radical (unpaired) electrons. The highest BCUT2D eigenvalue weighted by Crippen LogP contribution is 2.21. The highest BCUT2D eigenvalue weighted by Gasteiger charge is 2.06. The van der Waals surface area contributed by atoms with Crippen LogP contribution in [0.5, 0.6) is 11.5 Å². The Morgan fingerprint density at radius 2 is 1.39 bits per heavy atom. The van der Waals surface area contributed by atoms with Crippen LogP contribution in [0.1, 0.15) is 65.0 Å². The summed E-state index contributed by atoms with van der Waals surface area (Å²) in [5.74, 6) is 3.33. The van der Waals surface area contributed by atoms with Crippen molar-refractivity contribution in [3.05, 3.63) is 59.7 Å². The first kappa shape index (κ1) is 22.3. The van der Waals surface area contributed by atoms with Gasteiger partial charge in [-0.1, -0.05) is 51.5 Å². The molecule has 2 aromatic rings. The zero-order valence-corrected chi connectivity index (χ0v) is 18.4. The van der Waals surface area contributed by atoms with Gasteiger partial charge < -0.3 is 9.47 Å². The molecule has 0 aliphatic rings. The molecule has 0 aliphatic heterocycles. The van der Waals surface area contributed by atoms with E-state index in [1.807, 2.05) is 6.07 Å². The summed E-state index contributed by atoms with van der Waals surface area (Å²) in [6, 6.07) is 17.1. The van der Waals surface area contributed by atoms with E-state index in [2.05, 4.69) is 77.1 Å². The van der Waals surface area contributed by atoms with Crippen LogP contribution in [0.25, 0.3) is 0 Å². The summed E-state index contributed by atoms with van der Waals surface area (Å²) in [6.07, 6.45) is 5.97. The largest absolute Gasteiger partial charge is 0.494 e. The summed E-state index contributed by atoms with van der Waals surface area (Å²) in [5.41, 5.74) is 2.73. The molecule has 28 heavy (non-hydrogen) atoms. The van der Waals surface area contributed by atoms with Crippen molar-refractivity contribution in [3.8, 4) is 11.5 Å². The summed E-state index contributed by atoms with van der Waals surface area (Å²) in [7, 11) is 0. The van der Waals surface area contributed by atoms with E-state index >= 15 is 0 Å². The Balaban J connectivity index is 1.67. The van der Waals surface area contributed by atoms with Crippen molar-refractivity contribution in [2.24, 2.45) is 11.8 Å². The third-order valence-electron chi connectivity index (χ3n) is 4.76. The van der Waals surface area contributed by atoms with Crippen LogP contribution in [0.3, 0.4) is 0 Å². The second-order valence-electron chi connectivity index (χ2n) is 8.71. The smallest absolute Gasteiger partial charge is 0.119 e. The lowest BCUT2D eigenvalue weighted by Crippen LogP contribution is -2.06. The number of benzene rings is 2. The number of hydrogen-bond donors (Lipinski definition) is 0. The zero-order valence-electron chi connectivity index (χ0n) is 18.4. The second-order valence-corrected chi connectivity index (χ2v) is 8.71. The molecule has 0 saturated heterocycles. The van der Waals surface area contributed by atoms with Gasteiger partial charge in [0.2, 0.25) is 0 Å². The highest BCUT2D eigenvalue weighted by atomic mass is 16.5. The number of ether oxygens (including phenoxy) is 2. The number of rotatable bonds is 12. The predicted molar refractivity (Wildman–Crippen MR) is 119 cm³/mol. The molecule has 1 unspecified atom stereocenters. The second kappa shape index (κ2) is 11.8. The van der Waals surface area contributed by atoms with Gasteiger partial charge in [0.25, 0.3) is 0 Å². The van der Waals surface area contributed by atoms with E-state index in [1.165, 1.54) is 24.0 Å². The molecular weight excluding hydrogens is 344 g/mol. The maximum absolute atomic E-state index is 5.96. The van der Waals surface area contributed by atoms with Crippen LogP contribution >= 0.6 is 0 Å². The van der Waals surface area contributed by atoms with Crippen LogP contribution in [-0.2, 0) is 12.8 Å². The minimum atomic E-state index is 0.221. The van der Waals surface area contributed by atoms with Gasteiger partial charge in [0.05, 0.1) is 12.7 Å². The molecule has 0 amide bonds. The van der Waals surface area contributed by atoms with Gasteiger partial charge in [0.15, 0.2) is 0 Å². The number of unbranched alkanes of at least 4 members (excludes halogenated alkanes) is 1. The topological polar surface area (TPSA) is 18.5 Å². The summed E-state index contributed by atoms with van der Waals surface area (Å²) in [4.78, 5) is 0. The first-order chi connectivity index (χ1) is 13.4. The molecule has 0 N–H and O–H groups in total. The van der Waals surface area contributed by atoms with E-state index in [4.69, 9.17) is 9.47 Å². The molecule has 2 nitrogen and oxygen atoms in total. The standard InChI is InChI=1S/C26H38O2/c1-20(2)16-23-11-8-13-25(18-23)27-15-7-6-10-22(5)17-24-12-9-14-26(19-24)28-21(3)4/h8-9,11-14,18-22H,6-7,10,15-17H2,1-5H3. The van der Waals surface area contributed by atoms with Crippen molar-refractivity contribution in [2.75, 3.05) is 6.61 Å². The van der Waals surface area contributed by atoms with Gasteiger partial charge in [-0.05, 0) is 86.8 Å². The molecule has 0 spiro atoms. The predicted octanol–water partition coefficient (Wildman–Crippen LogP) is 7.10. The summed E-state index contributed by atoms with van der Waals surface area (Å²) in [5, 5.41) is 0. The molecule has 0 saturated carbocycles. The van der Waals surface area contributed by atoms with Gasteiger partial charge in [-0.15, -0.1) is 0 Å². The summed E-state index contributed by atoms with van der Waals surface area (Å²) >= 11 is 0. The molecule has 2 aromatic carbocycles. The molecule has 2 rings (SSSR count). The fraction of sp³-hybridized carbons (Fsp3) is 0.538. The fourth-order valence-electron chi connectivity index (χ4n) is 3.54. The average molecular weight is 383 g/mol. The van der Waals surface area contributed by atoms with Gasteiger partial charge in [-0.25, -0.2) is 0 Å². The first-order valence-electron chi connectivity index (χ1n) is 10.9. The van der Waals surface area contributed by atoms with Crippen LogP contribution in [0.2, 0.25) is 0 Å². The van der Waals surface area contributed by atoms with E-state index in [9.17, 15) is 0 Å². The lowest BCUT2D eigenvalue weighted by molar-refractivity contribution is 0.242. The number of hydrogen-bond acceptors (Lipinski definition) is 2. The van der Waals surface area contributed by atoms with Gasteiger partial charge in [-0.2, -0.15) is 0 Å². The SMILES string of the molecule is CC(C)Cc1cccc(OCCCCC(C)Cc2cccc(OC(C)C)c2)c1. The van der Waals surface area contributed by atoms with Crippen molar-refractivity contribution in [2.45, 2.75) is 72.8 Å². The van der Waals surface area contributed by atoms with Crippen LogP contribution in [0.15, 0.2) is 48.5 Å². The monoisotopic (exact) mass is 382 g/mol. The van der Waals surface area contributed by atoms with E-state index < -0.39 is 0 Å². The molecule has 0 bridgehead atoms. The van der Waals surface area contributed by atoms with Crippen molar-refractivity contribution < 1.29 is 9.47 Å². The Hall–Kier alpha value is -1.96. The molecule has 0 fully saturated rings. The minimum Gasteiger partial charge on any atom is -0.494 e. The van der Waals surface area contributed by atoms with Crippen molar-refractivity contribution in [3.63, 3.8) is 0 Å². The molecule has 0 aromatic heterocycles. The van der Waals surface area contributed by atoms with E-state index in [0.717, 1.165) is 37.4 Å².